The monoisotopic (exact) mass is 245 g/mol. The van der Waals surface area contributed by atoms with Crippen molar-refractivity contribution >= 4 is 18.2 Å². The number of nitrogens with zero attached hydrogens (tertiary/aromatic N) is 4. The minimum atomic E-state index is -0.537. The van der Waals surface area contributed by atoms with Gasteiger partial charge in [0.1, 0.15) is 18.3 Å². The predicted octanol–water partition coefficient (Wildman–Crippen LogP) is 0.0909. The first kappa shape index (κ1) is 11.9. The van der Waals surface area contributed by atoms with Crippen LogP contribution in [0.2, 0.25) is 0 Å². The third kappa shape index (κ3) is 1.96. The standard InChI is InChI=1S/C11H11N5O2/c1-7-8(3-9(4-12)15(7)2)5-13-16-6-10(17)14-11(16)18/h3,5H,6H2,1-2H3,(H,14,17,18)/b13-5-. The molecule has 7 nitrogen and oxygen atoms in total. The Morgan fingerprint density at radius 2 is 2.28 bits per heavy atom. The lowest BCUT2D eigenvalue weighted by Crippen LogP contribution is -2.24. The second-order valence-electron chi connectivity index (χ2n) is 3.90. The van der Waals surface area contributed by atoms with E-state index in [0.29, 0.717) is 5.69 Å². The lowest BCUT2D eigenvalue weighted by Gasteiger charge is -2.04. The van der Waals surface area contributed by atoms with Gasteiger partial charge in [-0.05, 0) is 13.0 Å². The van der Waals surface area contributed by atoms with Crippen LogP contribution in [0, 0.1) is 18.3 Å². The van der Waals surface area contributed by atoms with Crippen molar-refractivity contribution in [1.29, 1.82) is 5.26 Å². The number of hydrogen-bond donors (Lipinski definition) is 1. The van der Waals surface area contributed by atoms with E-state index in [9.17, 15) is 9.59 Å². The first-order valence-corrected chi connectivity index (χ1v) is 5.24. The molecular formula is C11H11N5O2. The molecule has 0 aliphatic carbocycles. The normalized spacial score (nSPS) is 15.3. The summed E-state index contributed by atoms with van der Waals surface area (Å²) in [4.78, 5) is 22.2. The van der Waals surface area contributed by atoms with E-state index in [4.69, 9.17) is 5.26 Å². The number of carbonyl (C=O) groups excluding carboxylic acids is 2. The van der Waals surface area contributed by atoms with Crippen molar-refractivity contribution in [3.05, 3.63) is 23.0 Å². The molecule has 0 unspecified atom stereocenters. The summed E-state index contributed by atoms with van der Waals surface area (Å²) in [5, 5.41) is 16.0. The Morgan fingerprint density at radius 3 is 2.78 bits per heavy atom. The van der Waals surface area contributed by atoms with Crippen molar-refractivity contribution in [2.45, 2.75) is 6.92 Å². The Balaban J connectivity index is 2.22. The highest BCUT2D eigenvalue weighted by molar-refractivity contribution is 6.02. The zero-order chi connectivity index (χ0) is 13.3. The van der Waals surface area contributed by atoms with Gasteiger partial charge in [-0.1, -0.05) is 0 Å². The van der Waals surface area contributed by atoms with Crippen LogP contribution in [0.15, 0.2) is 11.2 Å². The highest BCUT2D eigenvalue weighted by Crippen LogP contribution is 2.11. The van der Waals surface area contributed by atoms with Gasteiger partial charge < -0.3 is 4.57 Å². The molecule has 0 aromatic carbocycles. The summed E-state index contributed by atoms with van der Waals surface area (Å²) >= 11 is 0. The number of nitrogens with one attached hydrogen (secondary N) is 1. The molecule has 1 aliphatic rings. The molecule has 0 bridgehead atoms. The fourth-order valence-corrected chi connectivity index (χ4v) is 1.62. The van der Waals surface area contributed by atoms with E-state index in [-0.39, 0.29) is 12.5 Å². The van der Waals surface area contributed by atoms with Crippen LogP contribution in [0.25, 0.3) is 0 Å². The number of amides is 3. The molecule has 0 spiro atoms. The minimum absolute atomic E-state index is 0.0771. The average molecular weight is 245 g/mol. The first-order valence-electron chi connectivity index (χ1n) is 5.24. The Bertz CT molecular complexity index is 593. The molecule has 92 valence electrons. The maximum Gasteiger partial charge on any atom is 0.344 e. The summed E-state index contributed by atoms with van der Waals surface area (Å²) < 4.78 is 1.73. The number of nitriles is 1. The molecule has 1 fully saturated rings. The summed E-state index contributed by atoms with van der Waals surface area (Å²) in [5.41, 5.74) is 2.11. The Hall–Kier alpha value is -2.62. The first-order chi connectivity index (χ1) is 8.52. The van der Waals surface area contributed by atoms with Gasteiger partial charge in [-0.3, -0.25) is 10.1 Å². The van der Waals surface area contributed by atoms with Gasteiger partial charge in [0.05, 0.1) is 6.21 Å². The van der Waals surface area contributed by atoms with Crippen LogP contribution in [0.1, 0.15) is 17.0 Å². The average Bonchev–Trinajstić information content (AvgIpc) is 2.79. The molecule has 0 radical (unpaired) electrons. The number of rotatable bonds is 2. The van der Waals surface area contributed by atoms with Gasteiger partial charge in [0.25, 0.3) is 0 Å². The molecule has 1 saturated heterocycles. The molecule has 3 amide bonds. The van der Waals surface area contributed by atoms with Crippen molar-refractivity contribution in [3.63, 3.8) is 0 Å². The predicted molar refractivity (Wildman–Crippen MR) is 62.7 cm³/mol. The van der Waals surface area contributed by atoms with Gasteiger partial charge in [0.2, 0.25) is 5.91 Å². The maximum absolute atomic E-state index is 11.2. The van der Waals surface area contributed by atoms with Gasteiger partial charge in [-0.25, -0.2) is 9.80 Å². The van der Waals surface area contributed by atoms with E-state index in [1.807, 2.05) is 6.92 Å². The van der Waals surface area contributed by atoms with Gasteiger partial charge in [-0.2, -0.15) is 10.4 Å². The summed E-state index contributed by atoms with van der Waals surface area (Å²) in [5.74, 6) is -0.375. The summed E-state index contributed by atoms with van der Waals surface area (Å²) in [6.07, 6.45) is 1.47. The topological polar surface area (TPSA) is 90.5 Å². The van der Waals surface area contributed by atoms with E-state index in [1.54, 1.807) is 17.7 Å². The number of aromatic nitrogens is 1. The van der Waals surface area contributed by atoms with Gasteiger partial charge in [-0.15, -0.1) is 0 Å². The maximum atomic E-state index is 11.2. The van der Waals surface area contributed by atoms with Crippen molar-refractivity contribution in [2.24, 2.45) is 12.1 Å². The Labute approximate surface area is 103 Å². The number of hydrogen-bond acceptors (Lipinski definition) is 4. The van der Waals surface area contributed by atoms with Crippen LogP contribution >= 0.6 is 0 Å². The van der Waals surface area contributed by atoms with Crippen LogP contribution in [0.3, 0.4) is 0 Å². The van der Waals surface area contributed by atoms with E-state index in [2.05, 4.69) is 16.5 Å². The number of urea groups is 1. The van der Waals surface area contributed by atoms with E-state index >= 15 is 0 Å². The van der Waals surface area contributed by atoms with Gasteiger partial charge in [0.15, 0.2) is 0 Å². The molecule has 18 heavy (non-hydrogen) atoms. The highest BCUT2D eigenvalue weighted by atomic mass is 16.2. The zero-order valence-corrected chi connectivity index (χ0v) is 9.97. The minimum Gasteiger partial charge on any atom is -0.339 e. The van der Waals surface area contributed by atoms with Gasteiger partial charge >= 0.3 is 6.03 Å². The molecule has 2 heterocycles. The number of hydrazone groups is 1. The molecule has 1 aromatic rings. The third-order valence-electron chi connectivity index (χ3n) is 2.80. The molecule has 1 aromatic heterocycles. The Kier molecular flexibility index (Phi) is 2.85. The zero-order valence-electron chi connectivity index (χ0n) is 9.97. The molecule has 0 saturated carbocycles. The summed E-state index contributed by atoms with van der Waals surface area (Å²) in [6.45, 7) is 1.77. The fraction of sp³-hybridized carbons (Fsp3) is 0.273. The molecule has 7 heteroatoms. The van der Waals surface area contributed by atoms with E-state index in [0.717, 1.165) is 16.3 Å². The number of carbonyl (C=O) groups is 2. The lowest BCUT2D eigenvalue weighted by atomic mass is 10.3. The molecular weight excluding hydrogens is 234 g/mol. The van der Waals surface area contributed by atoms with Crippen LogP contribution in [0.5, 0.6) is 0 Å². The van der Waals surface area contributed by atoms with Crippen LogP contribution in [-0.4, -0.2) is 34.3 Å². The Morgan fingerprint density at radius 1 is 1.56 bits per heavy atom. The van der Waals surface area contributed by atoms with Crippen molar-refractivity contribution in [2.75, 3.05) is 6.54 Å². The second kappa shape index (κ2) is 4.33. The van der Waals surface area contributed by atoms with E-state index in [1.165, 1.54) is 6.21 Å². The van der Waals surface area contributed by atoms with Gasteiger partial charge in [0, 0.05) is 18.3 Å². The van der Waals surface area contributed by atoms with Crippen LogP contribution in [0.4, 0.5) is 4.79 Å². The lowest BCUT2D eigenvalue weighted by molar-refractivity contribution is -0.118. The quantitative estimate of drug-likeness (QED) is 0.591. The van der Waals surface area contributed by atoms with Crippen molar-refractivity contribution in [3.8, 4) is 6.07 Å². The van der Waals surface area contributed by atoms with Crippen LogP contribution in [-0.2, 0) is 11.8 Å². The molecule has 1 aliphatic heterocycles. The summed E-state index contributed by atoms with van der Waals surface area (Å²) in [6, 6.07) is 3.19. The van der Waals surface area contributed by atoms with E-state index < -0.39 is 6.03 Å². The molecule has 1 N–H and O–H groups in total. The highest BCUT2D eigenvalue weighted by Gasteiger charge is 2.26. The fourth-order valence-electron chi connectivity index (χ4n) is 1.62. The number of imide groups is 1. The molecule has 0 atom stereocenters. The largest absolute Gasteiger partial charge is 0.344 e. The molecule has 2 rings (SSSR count). The smallest absolute Gasteiger partial charge is 0.339 e. The second-order valence-corrected chi connectivity index (χ2v) is 3.90. The SMILES string of the molecule is Cc1c(/C=N\N2CC(=O)NC2=O)cc(C#N)n1C. The van der Waals surface area contributed by atoms with Crippen molar-refractivity contribution in [1.82, 2.24) is 14.9 Å². The summed E-state index contributed by atoms with van der Waals surface area (Å²) in [7, 11) is 1.78. The van der Waals surface area contributed by atoms with Crippen molar-refractivity contribution < 1.29 is 9.59 Å². The van der Waals surface area contributed by atoms with Crippen LogP contribution < -0.4 is 5.32 Å². The third-order valence-corrected chi connectivity index (χ3v) is 2.80.